The van der Waals surface area contributed by atoms with Gasteiger partial charge in [-0.2, -0.15) is 14.6 Å². The summed E-state index contributed by atoms with van der Waals surface area (Å²) in [5.74, 6) is 0.534. The van der Waals surface area contributed by atoms with Crippen LogP contribution in [-0.4, -0.2) is 90.1 Å². The molecule has 252 valence electrons. The zero-order chi connectivity index (χ0) is 33.2. The summed E-state index contributed by atoms with van der Waals surface area (Å²) in [7, 11) is -0.665. The highest BCUT2D eigenvalue weighted by Gasteiger charge is 2.48. The summed E-state index contributed by atoms with van der Waals surface area (Å²) in [6.45, 7) is 4.93. The number of carbonyl (C=O) groups is 2. The number of nitrogens with zero attached hydrogens (tertiary/aromatic N) is 5. The highest BCUT2D eigenvalue weighted by molar-refractivity contribution is 8.32. The maximum Gasteiger partial charge on any atom is 0.270 e. The van der Waals surface area contributed by atoms with Crippen LogP contribution in [0.3, 0.4) is 0 Å². The van der Waals surface area contributed by atoms with E-state index in [-0.39, 0.29) is 18.5 Å². The van der Waals surface area contributed by atoms with Gasteiger partial charge in [0.15, 0.2) is 0 Å². The fourth-order valence-electron chi connectivity index (χ4n) is 5.93. The molecule has 2 amide bonds. The molecule has 0 radical (unpaired) electrons. The first kappa shape index (κ1) is 34.4. The van der Waals surface area contributed by atoms with Gasteiger partial charge in [-0.1, -0.05) is 11.2 Å². The molecule has 0 aliphatic heterocycles. The van der Waals surface area contributed by atoms with Crippen molar-refractivity contribution in [2.45, 2.75) is 58.8 Å². The number of aromatic nitrogens is 5. The highest BCUT2D eigenvalue weighted by atomic mass is 32.3. The molecule has 0 aromatic carbocycles. The molecule has 2 fully saturated rings. The molecule has 2 atom stereocenters. The van der Waals surface area contributed by atoms with E-state index in [4.69, 9.17) is 4.74 Å². The lowest BCUT2D eigenvalue weighted by molar-refractivity contribution is -0.119. The topological polar surface area (TPSA) is 139 Å². The number of rotatable bonds is 16. The second-order valence-electron chi connectivity index (χ2n) is 13.3. The van der Waals surface area contributed by atoms with Crippen LogP contribution in [0.2, 0.25) is 0 Å². The maximum atomic E-state index is 15.6. The molecular weight excluding hydrogens is 630 g/mol. The fourth-order valence-corrected chi connectivity index (χ4v) is 6.98. The van der Waals surface area contributed by atoms with Gasteiger partial charge in [0.2, 0.25) is 11.9 Å². The summed E-state index contributed by atoms with van der Waals surface area (Å²) in [5.41, 5.74) is 2.66. The summed E-state index contributed by atoms with van der Waals surface area (Å²) in [6.07, 6.45) is 13.9. The van der Waals surface area contributed by atoms with E-state index in [0.29, 0.717) is 53.3 Å². The van der Waals surface area contributed by atoms with Crippen LogP contribution in [0.4, 0.5) is 10.2 Å². The van der Waals surface area contributed by atoms with Crippen LogP contribution in [-0.2, 0) is 34.0 Å². The molecule has 1 unspecified atom stereocenters. The molecule has 0 bridgehead atoms. The molecule has 2 aliphatic rings. The van der Waals surface area contributed by atoms with Gasteiger partial charge >= 0.3 is 0 Å². The smallest absolute Gasteiger partial charge is 0.270 e. The van der Waals surface area contributed by atoms with Crippen LogP contribution < -0.4 is 10.6 Å². The third kappa shape index (κ3) is 8.69. The van der Waals surface area contributed by atoms with Crippen molar-refractivity contribution in [2.24, 2.45) is 17.8 Å². The van der Waals surface area contributed by atoms with E-state index in [1.807, 2.05) is 13.8 Å². The minimum absolute atomic E-state index is 0.0178. The van der Waals surface area contributed by atoms with Crippen molar-refractivity contribution in [3.63, 3.8) is 0 Å². The van der Waals surface area contributed by atoms with Gasteiger partial charge in [-0.25, -0.2) is 19.7 Å². The van der Waals surface area contributed by atoms with E-state index in [9.17, 15) is 14.1 Å². The maximum absolute atomic E-state index is 15.6. The van der Waals surface area contributed by atoms with Gasteiger partial charge in [0.05, 0.1) is 25.1 Å². The molecule has 5 rings (SSSR count). The van der Waals surface area contributed by atoms with Crippen molar-refractivity contribution in [3.8, 4) is 11.1 Å². The third-order valence-electron chi connectivity index (χ3n) is 8.63. The monoisotopic (exact) mass is 675 g/mol. The van der Waals surface area contributed by atoms with Gasteiger partial charge in [-0.05, 0) is 94.3 Å². The van der Waals surface area contributed by atoms with Crippen molar-refractivity contribution in [1.29, 1.82) is 0 Å². The number of hydrogen-bond donors (Lipinski definition) is 2. The van der Waals surface area contributed by atoms with Crippen molar-refractivity contribution >= 4 is 38.8 Å². The largest absolute Gasteiger partial charge is 0.617 e. The van der Waals surface area contributed by atoms with E-state index < -0.39 is 45.0 Å². The van der Waals surface area contributed by atoms with Crippen LogP contribution in [0, 0.1) is 37.5 Å². The standard InChI is InChI=1S/C32H46FN7O4S2/c1-20-27(21(2)40(38-20)19-44-16-18-46(4,5)6)24-11-12-26(35-30(24)33)36-32(42)29(28(22-7-8-22)23-9-10-23)37-31(41)25-13-14-34-39(25)15-17-45(3)43/h11-14,22-23,28-29H,7-10,15-19H2,1-6H3,(H,37,41)(H,35,36,42)/t29-,45?/m0/s1. The van der Waals surface area contributed by atoms with E-state index >= 15 is 4.39 Å². The van der Waals surface area contributed by atoms with Crippen LogP contribution in [0.5, 0.6) is 0 Å². The predicted octanol–water partition coefficient (Wildman–Crippen LogP) is 4.12. The molecular formula is C32H46FN7O4S2. The van der Waals surface area contributed by atoms with Gasteiger partial charge < -0.3 is 19.9 Å². The lowest BCUT2D eigenvalue weighted by Gasteiger charge is -2.27. The predicted molar refractivity (Wildman–Crippen MR) is 181 cm³/mol. The Bertz CT molecular complexity index is 1530. The summed E-state index contributed by atoms with van der Waals surface area (Å²) >= 11 is -1.04. The number of anilines is 1. The zero-order valence-electron chi connectivity index (χ0n) is 27.5. The Morgan fingerprint density at radius 2 is 1.83 bits per heavy atom. The molecule has 3 aromatic heterocycles. The molecule has 11 nitrogen and oxygen atoms in total. The average Bonchev–Trinajstić information content (AvgIpc) is 3.92. The molecule has 3 aromatic rings. The van der Waals surface area contributed by atoms with Crippen molar-refractivity contribution < 1.29 is 23.3 Å². The number of aryl methyl sites for hydroxylation is 2. The van der Waals surface area contributed by atoms with Crippen LogP contribution >= 0.6 is 10.0 Å². The molecule has 0 spiro atoms. The van der Waals surface area contributed by atoms with Crippen molar-refractivity contribution in [2.75, 3.05) is 48.5 Å². The van der Waals surface area contributed by atoms with Gasteiger partial charge in [0.25, 0.3) is 5.91 Å². The molecule has 14 heteroatoms. The molecule has 2 saturated carbocycles. The molecule has 46 heavy (non-hydrogen) atoms. The van der Waals surface area contributed by atoms with Crippen LogP contribution in [0.15, 0.2) is 24.4 Å². The quantitative estimate of drug-likeness (QED) is 0.132. The normalized spacial score (nSPS) is 16.8. The number of amides is 2. The Morgan fingerprint density at radius 3 is 2.43 bits per heavy atom. The molecule has 3 heterocycles. The van der Waals surface area contributed by atoms with Crippen LogP contribution in [0.25, 0.3) is 11.1 Å². The SMILES string of the molecule is Cc1nn(COCCS(C)(C)C)c(C)c1-c1ccc(NC(=O)[C@@H](NC(=O)c2ccnn2CC[S+](C)[O-])C(C2CC2)C2CC2)nc1F. The average molecular weight is 676 g/mol. The number of hydrogen-bond acceptors (Lipinski definition) is 7. The first-order chi connectivity index (χ1) is 21.8. The number of nitrogens with one attached hydrogen (secondary N) is 2. The van der Waals surface area contributed by atoms with Gasteiger partial charge in [0, 0.05) is 28.8 Å². The van der Waals surface area contributed by atoms with Gasteiger partial charge in [-0.3, -0.25) is 14.3 Å². The van der Waals surface area contributed by atoms with Gasteiger partial charge in [0.1, 0.15) is 30.0 Å². The Labute approximate surface area is 274 Å². The lowest BCUT2D eigenvalue weighted by atomic mass is 9.88. The Kier molecular flexibility index (Phi) is 10.8. The number of carbonyl (C=O) groups excluding carboxylic acids is 2. The summed E-state index contributed by atoms with van der Waals surface area (Å²) in [4.78, 5) is 31.4. The highest BCUT2D eigenvalue weighted by Crippen LogP contribution is 2.51. The van der Waals surface area contributed by atoms with E-state index in [1.165, 1.54) is 10.9 Å². The van der Waals surface area contributed by atoms with E-state index in [0.717, 1.165) is 37.1 Å². The molecule has 0 saturated heterocycles. The first-order valence-corrected chi connectivity index (χ1v) is 20.5. The molecule has 2 aliphatic carbocycles. The second kappa shape index (κ2) is 14.4. The fraction of sp³-hybridized carbons (Fsp3) is 0.594. The Balaban J connectivity index is 1.31. The number of pyridine rings is 1. The lowest BCUT2D eigenvalue weighted by Crippen LogP contribution is -2.50. The van der Waals surface area contributed by atoms with E-state index in [2.05, 4.69) is 44.6 Å². The summed E-state index contributed by atoms with van der Waals surface area (Å²) < 4.78 is 36.3. The Hall–Kier alpha value is -2.94. The minimum atomic E-state index is -1.04. The summed E-state index contributed by atoms with van der Waals surface area (Å²) in [6, 6.07) is 3.96. The summed E-state index contributed by atoms with van der Waals surface area (Å²) in [5, 5.41) is 14.5. The zero-order valence-corrected chi connectivity index (χ0v) is 29.2. The Morgan fingerprint density at radius 1 is 1.13 bits per heavy atom. The first-order valence-electron chi connectivity index (χ1n) is 15.7. The van der Waals surface area contributed by atoms with E-state index in [1.54, 1.807) is 29.1 Å². The number of ether oxygens (including phenoxy) is 1. The third-order valence-corrected chi connectivity index (χ3v) is 10.8. The minimum Gasteiger partial charge on any atom is -0.617 e. The van der Waals surface area contributed by atoms with Crippen molar-refractivity contribution in [1.82, 2.24) is 29.9 Å². The van der Waals surface area contributed by atoms with Crippen LogP contribution in [0.1, 0.15) is 47.6 Å². The second-order valence-corrected chi connectivity index (χ2v) is 19.5. The van der Waals surface area contributed by atoms with Crippen molar-refractivity contribution in [3.05, 3.63) is 47.4 Å². The number of halogens is 1. The van der Waals surface area contributed by atoms with Gasteiger partial charge in [-0.15, -0.1) is 0 Å². The molecule has 2 N–H and O–H groups in total.